The summed E-state index contributed by atoms with van der Waals surface area (Å²) in [6.07, 6.45) is 3.20. The summed E-state index contributed by atoms with van der Waals surface area (Å²) in [5.41, 5.74) is 3.81. The fourth-order valence-corrected chi connectivity index (χ4v) is 5.13. The van der Waals surface area contributed by atoms with Crippen molar-refractivity contribution in [2.45, 2.75) is 25.2 Å². The summed E-state index contributed by atoms with van der Waals surface area (Å²) in [6.45, 7) is 1.50. The van der Waals surface area contributed by atoms with Crippen LogP contribution < -0.4 is 9.47 Å². The molecule has 2 aliphatic heterocycles. The summed E-state index contributed by atoms with van der Waals surface area (Å²) in [5.74, 6) is 1.56. The zero-order valence-electron chi connectivity index (χ0n) is 16.1. The quantitative estimate of drug-likeness (QED) is 0.891. The van der Waals surface area contributed by atoms with Gasteiger partial charge in [0.05, 0.1) is 31.3 Å². The van der Waals surface area contributed by atoms with Crippen molar-refractivity contribution >= 4 is 5.91 Å². The Bertz CT molecular complexity index is 940. The van der Waals surface area contributed by atoms with Crippen LogP contribution in [0.25, 0.3) is 0 Å². The topological polar surface area (TPSA) is 59.0 Å². The normalized spacial score (nSPS) is 24.9. The van der Waals surface area contributed by atoms with Crippen LogP contribution in [-0.4, -0.2) is 49.3 Å². The van der Waals surface area contributed by atoms with Crippen LogP contribution in [0, 0.1) is 5.41 Å². The number of amides is 1. The highest BCUT2D eigenvalue weighted by atomic mass is 16.5. The van der Waals surface area contributed by atoms with Gasteiger partial charge in [-0.05, 0) is 54.2 Å². The highest BCUT2D eigenvalue weighted by molar-refractivity contribution is 5.97. The van der Waals surface area contributed by atoms with Crippen LogP contribution in [0.5, 0.6) is 11.5 Å². The molecule has 2 aromatic carbocycles. The van der Waals surface area contributed by atoms with Crippen molar-refractivity contribution in [2.75, 3.05) is 33.4 Å². The minimum Gasteiger partial charge on any atom is -0.496 e. The second-order valence-electron chi connectivity index (χ2n) is 8.26. The van der Waals surface area contributed by atoms with Crippen molar-refractivity contribution in [3.8, 4) is 11.5 Å². The standard InChI is InChI=1S/C23H25NO4/c1-27-21-10-16-6-4-5-15(16)9-18(21)22(26)24-11-19-17-7-2-3-8-20(17)28-14-23(19,12-24)13-25/h2-3,7-10,19,25H,4-6,11-14H2,1H3/t19-,23-/m1/s1. The summed E-state index contributed by atoms with van der Waals surface area (Å²) in [5, 5.41) is 10.2. The number of methoxy groups -OCH3 is 1. The highest BCUT2D eigenvalue weighted by Gasteiger charge is 2.52. The second-order valence-corrected chi connectivity index (χ2v) is 8.26. The van der Waals surface area contributed by atoms with Crippen molar-refractivity contribution in [3.63, 3.8) is 0 Å². The number of benzene rings is 2. The molecule has 1 fully saturated rings. The van der Waals surface area contributed by atoms with Crippen LogP contribution >= 0.6 is 0 Å². The number of hydrogen-bond acceptors (Lipinski definition) is 4. The average molecular weight is 379 g/mol. The second kappa shape index (κ2) is 6.52. The Morgan fingerprint density at radius 1 is 1.29 bits per heavy atom. The molecule has 1 saturated heterocycles. The summed E-state index contributed by atoms with van der Waals surface area (Å²) < 4.78 is 11.5. The fourth-order valence-electron chi connectivity index (χ4n) is 5.13. The van der Waals surface area contributed by atoms with Gasteiger partial charge in [-0.1, -0.05) is 18.2 Å². The van der Waals surface area contributed by atoms with Gasteiger partial charge in [0.2, 0.25) is 0 Å². The third-order valence-corrected chi connectivity index (χ3v) is 6.70. The minimum absolute atomic E-state index is 0.00287. The van der Waals surface area contributed by atoms with Gasteiger partial charge in [0.25, 0.3) is 5.91 Å². The molecule has 2 heterocycles. The van der Waals surface area contributed by atoms with Gasteiger partial charge in [-0.25, -0.2) is 0 Å². The lowest BCUT2D eigenvalue weighted by atomic mass is 9.74. The molecule has 1 aliphatic carbocycles. The molecule has 1 N–H and O–H groups in total. The minimum atomic E-state index is -0.450. The Hall–Kier alpha value is -2.53. The first-order valence-electron chi connectivity index (χ1n) is 9.97. The van der Waals surface area contributed by atoms with E-state index in [4.69, 9.17) is 9.47 Å². The molecule has 5 heteroatoms. The Balaban J connectivity index is 1.50. The highest BCUT2D eigenvalue weighted by Crippen LogP contribution is 2.49. The van der Waals surface area contributed by atoms with Gasteiger partial charge in [0.15, 0.2) is 0 Å². The molecule has 0 spiro atoms. The summed E-state index contributed by atoms with van der Waals surface area (Å²) >= 11 is 0. The largest absolute Gasteiger partial charge is 0.496 e. The van der Waals surface area contributed by atoms with Gasteiger partial charge in [0.1, 0.15) is 11.5 Å². The van der Waals surface area contributed by atoms with Crippen LogP contribution in [0.3, 0.4) is 0 Å². The van der Waals surface area contributed by atoms with E-state index in [1.165, 1.54) is 11.1 Å². The fraction of sp³-hybridized carbons (Fsp3) is 0.435. The van der Waals surface area contributed by atoms with Gasteiger partial charge >= 0.3 is 0 Å². The van der Waals surface area contributed by atoms with Crippen LogP contribution in [0.15, 0.2) is 36.4 Å². The van der Waals surface area contributed by atoms with Crippen molar-refractivity contribution in [2.24, 2.45) is 5.41 Å². The predicted molar refractivity (Wildman–Crippen MR) is 105 cm³/mol. The van der Waals surface area contributed by atoms with E-state index in [1.807, 2.05) is 41.3 Å². The maximum Gasteiger partial charge on any atom is 0.257 e. The molecule has 3 aliphatic rings. The Morgan fingerprint density at radius 3 is 2.86 bits per heavy atom. The first-order chi connectivity index (χ1) is 13.6. The van der Waals surface area contributed by atoms with Crippen molar-refractivity contribution < 1.29 is 19.4 Å². The van der Waals surface area contributed by atoms with Gasteiger partial charge in [-0.15, -0.1) is 0 Å². The Morgan fingerprint density at radius 2 is 2.07 bits per heavy atom. The average Bonchev–Trinajstić information content (AvgIpc) is 3.36. The molecule has 5 nitrogen and oxygen atoms in total. The third kappa shape index (κ3) is 2.53. The molecule has 1 amide bonds. The lowest BCUT2D eigenvalue weighted by molar-refractivity contribution is 0.0440. The number of para-hydroxylation sites is 1. The van der Waals surface area contributed by atoms with E-state index < -0.39 is 5.41 Å². The number of carbonyl (C=O) groups excluding carboxylic acids is 1. The van der Waals surface area contributed by atoms with Crippen LogP contribution in [0.4, 0.5) is 0 Å². The third-order valence-electron chi connectivity index (χ3n) is 6.70. The maximum atomic E-state index is 13.5. The van der Waals surface area contributed by atoms with Crippen molar-refractivity contribution in [3.05, 3.63) is 58.7 Å². The lowest BCUT2D eigenvalue weighted by Gasteiger charge is -2.37. The number of hydrogen-bond donors (Lipinski definition) is 1. The number of aryl methyl sites for hydroxylation is 2. The first kappa shape index (κ1) is 17.6. The van der Waals surface area contributed by atoms with E-state index in [2.05, 4.69) is 0 Å². The predicted octanol–water partition coefficient (Wildman–Crippen LogP) is 2.79. The number of fused-ring (bicyclic) bond motifs is 4. The molecular formula is C23H25NO4. The number of aliphatic hydroxyl groups excluding tert-OH is 1. The number of ether oxygens (including phenoxy) is 2. The zero-order valence-corrected chi connectivity index (χ0v) is 16.1. The molecule has 0 unspecified atom stereocenters. The SMILES string of the molecule is COc1cc2c(cc1C(=O)N1C[C@@H]3c4ccccc4OC[C@]3(CO)C1)CCC2. The number of rotatable bonds is 3. The monoisotopic (exact) mass is 379 g/mol. The Kier molecular flexibility index (Phi) is 4.09. The molecule has 2 atom stereocenters. The smallest absolute Gasteiger partial charge is 0.257 e. The summed E-state index contributed by atoms with van der Waals surface area (Å²) in [7, 11) is 1.62. The Labute approximate surface area is 164 Å². The van der Waals surface area contributed by atoms with E-state index >= 15 is 0 Å². The first-order valence-corrected chi connectivity index (χ1v) is 9.97. The van der Waals surface area contributed by atoms with E-state index in [0.717, 1.165) is 30.6 Å². The van der Waals surface area contributed by atoms with E-state index in [9.17, 15) is 9.90 Å². The number of likely N-dealkylation sites (tertiary alicyclic amines) is 1. The van der Waals surface area contributed by atoms with E-state index in [1.54, 1.807) is 7.11 Å². The molecule has 2 aromatic rings. The van der Waals surface area contributed by atoms with Gasteiger partial charge in [0, 0.05) is 19.0 Å². The number of nitrogens with zero attached hydrogens (tertiary/aromatic N) is 1. The molecule has 0 saturated carbocycles. The molecule has 0 bridgehead atoms. The lowest BCUT2D eigenvalue weighted by Crippen LogP contribution is -2.42. The van der Waals surface area contributed by atoms with Crippen molar-refractivity contribution in [1.82, 2.24) is 4.90 Å². The van der Waals surface area contributed by atoms with E-state index in [-0.39, 0.29) is 18.4 Å². The van der Waals surface area contributed by atoms with Gasteiger partial charge in [-0.3, -0.25) is 4.79 Å². The number of carbonyl (C=O) groups is 1. The molecule has 146 valence electrons. The molecule has 0 aromatic heterocycles. The molecular weight excluding hydrogens is 354 g/mol. The van der Waals surface area contributed by atoms with Gasteiger partial charge < -0.3 is 19.5 Å². The maximum absolute atomic E-state index is 13.5. The van der Waals surface area contributed by atoms with Crippen LogP contribution in [0.1, 0.15) is 39.4 Å². The van der Waals surface area contributed by atoms with Crippen LogP contribution in [0.2, 0.25) is 0 Å². The number of aliphatic hydroxyl groups is 1. The van der Waals surface area contributed by atoms with E-state index in [0.29, 0.717) is 31.0 Å². The van der Waals surface area contributed by atoms with Gasteiger partial charge in [-0.2, -0.15) is 0 Å². The molecule has 0 radical (unpaired) electrons. The summed E-state index contributed by atoms with van der Waals surface area (Å²) in [4.78, 5) is 15.3. The van der Waals surface area contributed by atoms with Crippen molar-refractivity contribution in [1.29, 1.82) is 0 Å². The summed E-state index contributed by atoms with van der Waals surface area (Å²) in [6, 6.07) is 12.0. The van der Waals surface area contributed by atoms with Crippen LogP contribution in [-0.2, 0) is 12.8 Å². The zero-order chi connectivity index (χ0) is 19.3. The molecule has 28 heavy (non-hydrogen) atoms. The molecule has 5 rings (SSSR count).